The molecule has 34 heavy (non-hydrogen) atoms. The molecule has 7 nitrogen and oxygen atoms in total. The molecule has 0 bridgehead atoms. The predicted octanol–water partition coefficient (Wildman–Crippen LogP) is 4.47. The van der Waals surface area contributed by atoms with E-state index in [2.05, 4.69) is 10.3 Å². The highest BCUT2D eigenvalue weighted by atomic mass is 32.2. The predicted molar refractivity (Wildman–Crippen MR) is 123 cm³/mol. The highest BCUT2D eigenvalue weighted by Crippen LogP contribution is 2.31. The lowest BCUT2D eigenvalue weighted by Gasteiger charge is -2.23. The number of amides is 1. The molecule has 0 fully saturated rings. The Balaban J connectivity index is 2.19. The number of alkyl halides is 3. The van der Waals surface area contributed by atoms with Gasteiger partial charge in [0, 0.05) is 32.7 Å². The van der Waals surface area contributed by atoms with Crippen LogP contribution in [0.1, 0.15) is 49.4 Å². The molecule has 2 atom stereocenters. The van der Waals surface area contributed by atoms with E-state index in [4.69, 9.17) is 4.55 Å². The second-order valence-corrected chi connectivity index (χ2v) is 8.84. The van der Waals surface area contributed by atoms with Gasteiger partial charge < -0.3 is 10.2 Å². The van der Waals surface area contributed by atoms with E-state index in [-0.39, 0.29) is 18.1 Å². The molecule has 0 radical (unpaired) electrons. The molecule has 0 saturated carbocycles. The zero-order valence-electron chi connectivity index (χ0n) is 19.3. The van der Waals surface area contributed by atoms with Crippen LogP contribution in [-0.4, -0.2) is 40.3 Å². The van der Waals surface area contributed by atoms with Crippen LogP contribution in [0.4, 0.5) is 29.1 Å². The minimum Gasteiger partial charge on any atom is -0.359 e. The number of unbranched alkanes of at least 4 members (excludes halogenated alkanes) is 1. The zero-order valence-corrected chi connectivity index (χ0v) is 20.1. The van der Waals surface area contributed by atoms with Crippen molar-refractivity contribution in [1.82, 2.24) is 10.3 Å². The second kappa shape index (κ2) is 11.6. The van der Waals surface area contributed by atoms with Gasteiger partial charge in [-0.2, -0.15) is 13.2 Å². The van der Waals surface area contributed by atoms with Gasteiger partial charge in [-0.3, -0.25) is 13.7 Å². The molecule has 0 aliphatic carbocycles. The molecular weight excluding hydrogens is 476 g/mol. The quantitative estimate of drug-likeness (QED) is 0.368. The Morgan fingerprint density at radius 3 is 2.47 bits per heavy atom. The second-order valence-electron chi connectivity index (χ2n) is 7.83. The van der Waals surface area contributed by atoms with Crippen molar-refractivity contribution in [2.75, 3.05) is 29.8 Å². The summed E-state index contributed by atoms with van der Waals surface area (Å²) in [4.78, 5) is 18.1. The molecule has 2 rings (SSSR count). The molecule has 2 unspecified atom stereocenters. The standard InChI is InChI=1S/C22H28F4N4O3S/c1-5-6-11-29(3)20-16(8-10-19(28-20)22(24,25)26)13-27-21(31)14(2)15-7-9-18(17(23)12-15)30(4)34(32)33/h7-10,12,14H,5-6,11,13H2,1-4H3,(H,27,31)(H,32,33). The minimum atomic E-state index is -4.59. The van der Waals surface area contributed by atoms with E-state index >= 15 is 0 Å². The van der Waals surface area contributed by atoms with Gasteiger partial charge in [-0.15, -0.1) is 0 Å². The largest absolute Gasteiger partial charge is 0.433 e. The van der Waals surface area contributed by atoms with Crippen LogP contribution in [0.25, 0.3) is 0 Å². The Kier molecular flexibility index (Phi) is 9.39. The van der Waals surface area contributed by atoms with Gasteiger partial charge in [0.05, 0.1) is 11.6 Å². The summed E-state index contributed by atoms with van der Waals surface area (Å²) in [6.45, 7) is 3.96. The average Bonchev–Trinajstić information content (AvgIpc) is 2.79. The summed E-state index contributed by atoms with van der Waals surface area (Å²) in [7, 11) is 2.89. The summed E-state index contributed by atoms with van der Waals surface area (Å²) < 4.78 is 75.0. The van der Waals surface area contributed by atoms with Crippen LogP contribution < -0.4 is 14.5 Å². The summed E-state index contributed by atoms with van der Waals surface area (Å²) >= 11 is -2.40. The van der Waals surface area contributed by atoms with Gasteiger partial charge in [0.1, 0.15) is 17.3 Å². The van der Waals surface area contributed by atoms with Gasteiger partial charge in [-0.25, -0.2) is 13.6 Å². The Morgan fingerprint density at radius 1 is 1.24 bits per heavy atom. The number of pyridine rings is 1. The van der Waals surface area contributed by atoms with Crippen molar-refractivity contribution in [3.05, 3.63) is 53.0 Å². The van der Waals surface area contributed by atoms with Crippen LogP contribution >= 0.6 is 0 Å². The molecule has 0 aliphatic rings. The molecule has 188 valence electrons. The van der Waals surface area contributed by atoms with Gasteiger partial charge in [-0.1, -0.05) is 25.5 Å². The summed E-state index contributed by atoms with van der Waals surface area (Å²) in [5, 5.41) is 2.67. The van der Waals surface area contributed by atoms with Gasteiger partial charge in [-0.05, 0) is 37.1 Å². The van der Waals surface area contributed by atoms with Crippen LogP contribution in [0.15, 0.2) is 30.3 Å². The van der Waals surface area contributed by atoms with Crippen molar-refractivity contribution in [2.45, 2.75) is 45.3 Å². The van der Waals surface area contributed by atoms with Crippen molar-refractivity contribution in [2.24, 2.45) is 0 Å². The number of carbonyl (C=O) groups is 1. The highest BCUT2D eigenvalue weighted by molar-refractivity contribution is 7.80. The first-order valence-electron chi connectivity index (χ1n) is 10.6. The molecule has 1 heterocycles. The summed E-state index contributed by atoms with van der Waals surface area (Å²) in [5.41, 5.74) is -0.367. The summed E-state index contributed by atoms with van der Waals surface area (Å²) in [6, 6.07) is 6.03. The summed E-state index contributed by atoms with van der Waals surface area (Å²) in [5.74, 6) is -1.88. The Hall–Kier alpha value is -2.73. The van der Waals surface area contributed by atoms with E-state index in [0.717, 1.165) is 29.3 Å². The number of nitrogens with one attached hydrogen (secondary N) is 1. The van der Waals surface area contributed by atoms with E-state index < -0.39 is 40.8 Å². The van der Waals surface area contributed by atoms with E-state index in [9.17, 15) is 26.6 Å². The number of nitrogens with zero attached hydrogens (tertiary/aromatic N) is 3. The van der Waals surface area contributed by atoms with Crippen LogP contribution in [0.2, 0.25) is 0 Å². The van der Waals surface area contributed by atoms with E-state index in [1.807, 2.05) is 6.92 Å². The maximum atomic E-state index is 14.4. The van der Waals surface area contributed by atoms with Crippen molar-refractivity contribution in [3.63, 3.8) is 0 Å². The Morgan fingerprint density at radius 2 is 1.91 bits per heavy atom. The number of halogens is 4. The molecule has 1 aromatic carbocycles. The number of hydrogen-bond donors (Lipinski definition) is 2. The first kappa shape index (κ1) is 27.5. The Labute approximate surface area is 198 Å². The SMILES string of the molecule is CCCCN(C)c1nc(C(F)(F)F)ccc1CNC(=O)C(C)c1ccc(N(C)S(=O)O)c(F)c1. The first-order chi connectivity index (χ1) is 15.9. The number of carbonyl (C=O) groups excluding carboxylic acids is 1. The smallest absolute Gasteiger partial charge is 0.359 e. The van der Waals surface area contributed by atoms with E-state index in [0.29, 0.717) is 17.7 Å². The third-order valence-electron chi connectivity index (χ3n) is 5.35. The van der Waals surface area contributed by atoms with Crippen LogP contribution in [0, 0.1) is 5.82 Å². The van der Waals surface area contributed by atoms with Gasteiger partial charge in [0.15, 0.2) is 0 Å². The number of benzene rings is 1. The van der Waals surface area contributed by atoms with Crippen LogP contribution in [0.3, 0.4) is 0 Å². The van der Waals surface area contributed by atoms with Crippen LogP contribution in [-0.2, 0) is 28.8 Å². The normalized spacial score (nSPS) is 13.3. The van der Waals surface area contributed by atoms with Crippen LogP contribution in [0.5, 0.6) is 0 Å². The third kappa shape index (κ3) is 6.89. The van der Waals surface area contributed by atoms with Crippen molar-refractivity contribution >= 4 is 28.7 Å². The molecule has 0 spiro atoms. The Bertz CT molecular complexity index is 1040. The number of anilines is 2. The third-order valence-corrected chi connectivity index (χ3v) is 6.01. The van der Waals surface area contributed by atoms with Crippen molar-refractivity contribution in [3.8, 4) is 0 Å². The summed E-state index contributed by atoms with van der Waals surface area (Å²) in [6.07, 6.45) is -2.98. The molecule has 0 aliphatic heterocycles. The molecule has 1 amide bonds. The minimum absolute atomic E-state index is 0.0626. The number of rotatable bonds is 10. The molecule has 2 N–H and O–H groups in total. The fourth-order valence-corrected chi connectivity index (χ4v) is 3.54. The lowest BCUT2D eigenvalue weighted by atomic mass is 9.99. The van der Waals surface area contributed by atoms with Gasteiger partial charge >= 0.3 is 6.18 Å². The lowest BCUT2D eigenvalue weighted by molar-refractivity contribution is -0.141. The topological polar surface area (TPSA) is 85.8 Å². The fraction of sp³-hybridized carbons (Fsp3) is 0.455. The maximum absolute atomic E-state index is 14.4. The average molecular weight is 505 g/mol. The molecule has 0 saturated heterocycles. The lowest BCUT2D eigenvalue weighted by Crippen LogP contribution is -2.30. The molecule has 2 aromatic rings. The van der Waals surface area contributed by atoms with Gasteiger partial charge in [0.25, 0.3) is 11.3 Å². The van der Waals surface area contributed by atoms with Crippen molar-refractivity contribution in [1.29, 1.82) is 0 Å². The zero-order chi connectivity index (χ0) is 25.6. The number of hydrogen-bond acceptors (Lipinski definition) is 4. The molecule has 1 aromatic heterocycles. The maximum Gasteiger partial charge on any atom is 0.433 e. The first-order valence-corrected chi connectivity index (χ1v) is 11.6. The number of aromatic nitrogens is 1. The molecule has 12 heteroatoms. The highest BCUT2D eigenvalue weighted by Gasteiger charge is 2.33. The molecular formula is C22H28F4N4O3S. The van der Waals surface area contributed by atoms with E-state index in [1.54, 1.807) is 18.9 Å². The van der Waals surface area contributed by atoms with E-state index in [1.165, 1.54) is 25.2 Å². The van der Waals surface area contributed by atoms with Gasteiger partial charge in [0.2, 0.25) is 5.91 Å². The fourth-order valence-electron chi connectivity index (χ4n) is 3.22. The monoisotopic (exact) mass is 504 g/mol. The van der Waals surface area contributed by atoms with Crippen molar-refractivity contribution < 1.29 is 31.1 Å².